The molecule has 0 spiro atoms. The van der Waals surface area contributed by atoms with Crippen LogP contribution in [0.2, 0.25) is 0 Å². The van der Waals surface area contributed by atoms with E-state index in [1.54, 1.807) is 12.1 Å². The van der Waals surface area contributed by atoms with E-state index < -0.39 is 6.61 Å². The van der Waals surface area contributed by atoms with Crippen LogP contribution in [0.25, 0.3) is 0 Å². The first kappa shape index (κ1) is 19.6. The lowest BCUT2D eigenvalue weighted by molar-refractivity contribution is -0.122. The molecular weight excluding hydrogens is 330 g/mol. The number of ether oxygens (including phenoxy) is 2. The number of rotatable bonds is 6. The second-order valence-electron chi connectivity index (χ2n) is 5.17. The van der Waals surface area contributed by atoms with Gasteiger partial charge in [-0.25, -0.2) is 0 Å². The summed E-state index contributed by atoms with van der Waals surface area (Å²) in [4.78, 5) is 12.0. The van der Waals surface area contributed by atoms with Crippen molar-refractivity contribution in [1.82, 2.24) is 10.6 Å². The molecule has 1 amide bonds. The lowest BCUT2D eigenvalue weighted by Crippen LogP contribution is -2.44. The fourth-order valence-electron chi connectivity index (χ4n) is 2.30. The van der Waals surface area contributed by atoms with Gasteiger partial charge in [-0.15, -0.1) is 12.4 Å². The molecule has 2 atom stereocenters. The van der Waals surface area contributed by atoms with Gasteiger partial charge >= 0.3 is 6.61 Å². The largest absolute Gasteiger partial charge is 0.435 e. The number of alkyl halides is 2. The van der Waals surface area contributed by atoms with Crippen molar-refractivity contribution < 1.29 is 23.0 Å². The van der Waals surface area contributed by atoms with Crippen LogP contribution in [0, 0.1) is 0 Å². The summed E-state index contributed by atoms with van der Waals surface area (Å²) < 4.78 is 33.7. The van der Waals surface area contributed by atoms with Crippen molar-refractivity contribution in [3.63, 3.8) is 0 Å². The standard InChI is InChI=1S/C15H20F2N2O3.ClH/c1-10(11-2-4-13(5-3-11)22-15(16)17)19-14(20)8-12-9-21-7-6-18-12;/h2-5,10,12,15,18H,6-9H2,1H3,(H,19,20);1H. The fraction of sp³-hybridized carbons (Fsp3) is 0.533. The molecule has 0 aliphatic carbocycles. The van der Waals surface area contributed by atoms with Crippen molar-refractivity contribution in [3.8, 4) is 5.75 Å². The Morgan fingerprint density at radius 2 is 2.13 bits per heavy atom. The van der Waals surface area contributed by atoms with Gasteiger partial charge in [0.15, 0.2) is 0 Å². The first-order chi connectivity index (χ1) is 10.5. The smallest absolute Gasteiger partial charge is 0.387 e. The van der Waals surface area contributed by atoms with Crippen molar-refractivity contribution in [2.45, 2.75) is 32.0 Å². The fourth-order valence-corrected chi connectivity index (χ4v) is 2.30. The molecule has 23 heavy (non-hydrogen) atoms. The van der Waals surface area contributed by atoms with Crippen molar-refractivity contribution in [2.24, 2.45) is 0 Å². The normalized spacial score (nSPS) is 18.9. The molecule has 1 heterocycles. The molecule has 1 aliphatic heterocycles. The average Bonchev–Trinajstić information content (AvgIpc) is 2.48. The van der Waals surface area contributed by atoms with Gasteiger partial charge in [0.25, 0.3) is 0 Å². The van der Waals surface area contributed by atoms with Gasteiger partial charge in [-0.1, -0.05) is 12.1 Å². The monoisotopic (exact) mass is 350 g/mol. The molecule has 8 heteroatoms. The summed E-state index contributed by atoms with van der Waals surface area (Å²) in [5.41, 5.74) is 0.822. The number of carbonyl (C=O) groups excluding carboxylic acids is 1. The van der Waals surface area contributed by atoms with E-state index in [0.717, 1.165) is 12.1 Å². The van der Waals surface area contributed by atoms with Crippen molar-refractivity contribution in [3.05, 3.63) is 29.8 Å². The summed E-state index contributed by atoms with van der Waals surface area (Å²) in [6, 6.07) is 6.05. The van der Waals surface area contributed by atoms with Crippen LogP contribution >= 0.6 is 12.4 Å². The molecule has 5 nitrogen and oxygen atoms in total. The van der Waals surface area contributed by atoms with Gasteiger partial charge < -0.3 is 20.1 Å². The molecule has 0 radical (unpaired) electrons. The van der Waals surface area contributed by atoms with Gasteiger partial charge in [0.05, 0.1) is 19.3 Å². The topological polar surface area (TPSA) is 59.6 Å². The highest BCUT2D eigenvalue weighted by Crippen LogP contribution is 2.19. The van der Waals surface area contributed by atoms with Gasteiger partial charge in [-0.2, -0.15) is 8.78 Å². The average molecular weight is 351 g/mol. The van der Waals surface area contributed by atoms with E-state index >= 15 is 0 Å². The minimum absolute atomic E-state index is 0. The molecule has 0 bridgehead atoms. The zero-order chi connectivity index (χ0) is 15.9. The van der Waals surface area contributed by atoms with Crippen LogP contribution < -0.4 is 15.4 Å². The third-order valence-electron chi connectivity index (χ3n) is 3.41. The lowest BCUT2D eigenvalue weighted by Gasteiger charge is -2.24. The highest BCUT2D eigenvalue weighted by atomic mass is 35.5. The SMILES string of the molecule is CC(NC(=O)CC1COCCN1)c1ccc(OC(F)F)cc1.Cl. The molecule has 130 valence electrons. The first-order valence-electron chi connectivity index (χ1n) is 7.20. The zero-order valence-corrected chi connectivity index (χ0v) is 13.6. The number of morpholine rings is 1. The third-order valence-corrected chi connectivity index (χ3v) is 3.41. The molecule has 1 saturated heterocycles. The van der Waals surface area contributed by atoms with Crippen LogP contribution in [0.4, 0.5) is 8.78 Å². The van der Waals surface area contributed by atoms with E-state index in [9.17, 15) is 13.6 Å². The predicted molar refractivity (Wildman–Crippen MR) is 84.1 cm³/mol. The van der Waals surface area contributed by atoms with E-state index in [2.05, 4.69) is 15.4 Å². The zero-order valence-electron chi connectivity index (χ0n) is 12.8. The summed E-state index contributed by atoms with van der Waals surface area (Å²) in [7, 11) is 0. The summed E-state index contributed by atoms with van der Waals surface area (Å²) in [5, 5.41) is 6.10. The number of carbonyl (C=O) groups is 1. The van der Waals surface area contributed by atoms with Crippen molar-refractivity contribution in [2.75, 3.05) is 19.8 Å². The number of halogens is 3. The Labute approximate surface area is 140 Å². The summed E-state index contributed by atoms with van der Waals surface area (Å²) in [6.45, 7) is 0.946. The number of benzene rings is 1. The van der Waals surface area contributed by atoms with Crippen molar-refractivity contribution >= 4 is 18.3 Å². The maximum atomic E-state index is 12.1. The minimum Gasteiger partial charge on any atom is -0.435 e. The summed E-state index contributed by atoms with van der Waals surface area (Å²) in [5.74, 6) is 0.0178. The van der Waals surface area contributed by atoms with E-state index in [-0.39, 0.29) is 36.1 Å². The highest BCUT2D eigenvalue weighted by Gasteiger charge is 2.18. The Kier molecular flexibility index (Phi) is 8.22. The second-order valence-corrected chi connectivity index (χ2v) is 5.17. The molecule has 1 fully saturated rings. The quantitative estimate of drug-likeness (QED) is 0.826. The molecule has 2 unspecified atom stereocenters. The number of hydrogen-bond donors (Lipinski definition) is 2. The Bertz CT molecular complexity index is 482. The molecule has 1 aliphatic rings. The van der Waals surface area contributed by atoms with E-state index in [4.69, 9.17) is 4.74 Å². The molecule has 0 saturated carbocycles. The summed E-state index contributed by atoms with van der Waals surface area (Å²) >= 11 is 0. The molecule has 1 aromatic rings. The van der Waals surface area contributed by atoms with Gasteiger partial charge in [0.2, 0.25) is 5.91 Å². The molecule has 2 rings (SSSR count). The molecule has 2 N–H and O–H groups in total. The van der Waals surface area contributed by atoms with Crippen LogP contribution in [0.5, 0.6) is 5.75 Å². The van der Waals surface area contributed by atoms with E-state index in [1.165, 1.54) is 12.1 Å². The molecule has 1 aromatic carbocycles. The molecular formula is C15H21ClF2N2O3. The van der Waals surface area contributed by atoms with Crippen LogP contribution in [-0.2, 0) is 9.53 Å². The Morgan fingerprint density at radius 1 is 1.43 bits per heavy atom. The van der Waals surface area contributed by atoms with Gasteiger partial charge in [0, 0.05) is 19.0 Å². The van der Waals surface area contributed by atoms with Crippen LogP contribution in [0.1, 0.15) is 24.9 Å². The van der Waals surface area contributed by atoms with E-state index in [1.807, 2.05) is 6.92 Å². The van der Waals surface area contributed by atoms with E-state index in [0.29, 0.717) is 19.6 Å². The number of hydrogen-bond acceptors (Lipinski definition) is 4. The minimum atomic E-state index is -2.84. The van der Waals surface area contributed by atoms with Gasteiger partial charge in [0.1, 0.15) is 5.75 Å². The van der Waals surface area contributed by atoms with Crippen LogP contribution in [0.15, 0.2) is 24.3 Å². The Morgan fingerprint density at radius 3 is 2.70 bits per heavy atom. The molecule has 0 aromatic heterocycles. The number of nitrogens with one attached hydrogen (secondary N) is 2. The maximum Gasteiger partial charge on any atom is 0.387 e. The maximum absolute atomic E-state index is 12.1. The predicted octanol–water partition coefficient (Wildman–Crippen LogP) is 2.27. The van der Waals surface area contributed by atoms with Gasteiger partial charge in [-0.3, -0.25) is 4.79 Å². The van der Waals surface area contributed by atoms with Crippen molar-refractivity contribution in [1.29, 1.82) is 0 Å². The van der Waals surface area contributed by atoms with Gasteiger partial charge in [-0.05, 0) is 24.6 Å². The van der Waals surface area contributed by atoms with Crippen LogP contribution in [-0.4, -0.2) is 38.3 Å². The lowest BCUT2D eigenvalue weighted by atomic mass is 10.1. The highest BCUT2D eigenvalue weighted by molar-refractivity contribution is 5.85. The number of amides is 1. The third kappa shape index (κ3) is 6.68. The first-order valence-corrected chi connectivity index (χ1v) is 7.20. The second kappa shape index (κ2) is 9.64. The Hall–Kier alpha value is -1.44. The van der Waals surface area contributed by atoms with Crippen LogP contribution in [0.3, 0.4) is 0 Å². The summed E-state index contributed by atoms with van der Waals surface area (Å²) in [6.07, 6.45) is 0.344. The Balaban J connectivity index is 0.00000264.